The average molecular weight is 380 g/mol. The highest BCUT2D eigenvalue weighted by Gasteiger charge is 2.45. The van der Waals surface area contributed by atoms with Crippen LogP contribution >= 0.6 is 0 Å². The average Bonchev–Trinajstić information content (AvgIpc) is 3.14. The van der Waals surface area contributed by atoms with Crippen LogP contribution < -0.4 is 10.6 Å². The number of aromatic nitrogens is 2. The van der Waals surface area contributed by atoms with E-state index in [0.717, 1.165) is 11.1 Å². The second kappa shape index (κ2) is 8.45. The third-order valence-electron chi connectivity index (χ3n) is 4.95. The van der Waals surface area contributed by atoms with Gasteiger partial charge in [0.15, 0.2) is 0 Å². The predicted molar refractivity (Wildman–Crippen MR) is 94.9 cm³/mol. The molecule has 2 N–H and O–H groups in total. The number of carbonyl (C=O) groups is 1. The van der Waals surface area contributed by atoms with Crippen LogP contribution in [0.2, 0.25) is 0 Å². The van der Waals surface area contributed by atoms with E-state index in [9.17, 15) is 18.0 Å². The molecule has 1 aromatic heterocycles. The lowest BCUT2D eigenvalue weighted by Crippen LogP contribution is -2.50. The lowest BCUT2D eigenvalue weighted by molar-refractivity contribution is -0.187. The van der Waals surface area contributed by atoms with Crippen LogP contribution in [-0.2, 0) is 13.1 Å². The summed E-state index contributed by atoms with van der Waals surface area (Å²) in [6.07, 6.45) is 0.922. The maximum absolute atomic E-state index is 13.1. The van der Waals surface area contributed by atoms with Crippen LogP contribution in [0.3, 0.4) is 0 Å². The van der Waals surface area contributed by atoms with Gasteiger partial charge in [0, 0.05) is 25.0 Å². The largest absolute Gasteiger partial charge is 0.393 e. The van der Waals surface area contributed by atoms with Crippen LogP contribution in [0.25, 0.3) is 0 Å². The van der Waals surface area contributed by atoms with Crippen molar-refractivity contribution in [3.63, 3.8) is 0 Å². The summed E-state index contributed by atoms with van der Waals surface area (Å²) in [5.41, 5.74) is 1.89. The molecule has 1 aliphatic rings. The molecule has 2 atom stereocenters. The normalized spacial score (nSPS) is 20.3. The van der Waals surface area contributed by atoms with E-state index in [-0.39, 0.29) is 13.0 Å². The number of nitrogens with one attached hydrogen (secondary N) is 2. The van der Waals surface area contributed by atoms with Gasteiger partial charge in [0.25, 0.3) is 0 Å². The first-order chi connectivity index (χ1) is 12.9. The molecule has 3 rings (SSSR count). The quantitative estimate of drug-likeness (QED) is 0.828. The number of alkyl halides is 3. The van der Waals surface area contributed by atoms with Crippen molar-refractivity contribution >= 4 is 6.03 Å². The van der Waals surface area contributed by atoms with Gasteiger partial charge in [-0.3, -0.25) is 4.68 Å². The molecule has 1 aromatic carbocycles. The van der Waals surface area contributed by atoms with Gasteiger partial charge in [-0.15, -0.1) is 0 Å². The Morgan fingerprint density at radius 2 is 1.89 bits per heavy atom. The minimum absolute atomic E-state index is 0.0706. The predicted octanol–water partition coefficient (Wildman–Crippen LogP) is 3.85. The minimum atomic E-state index is -4.28. The number of nitrogens with zero attached hydrogens (tertiary/aromatic N) is 2. The Balaban J connectivity index is 1.58. The van der Waals surface area contributed by atoms with E-state index in [0.29, 0.717) is 25.8 Å². The van der Waals surface area contributed by atoms with Gasteiger partial charge in [-0.25, -0.2) is 4.79 Å². The van der Waals surface area contributed by atoms with Crippen molar-refractivity contribution < 1.29 is 18.0 Å². The summed E-state index contributed by atoms with van der Waals surface area (Å²) in [7, 11) is 0. The van der Waals surface area contributed by atoms with Gasteiger partial charge >= 0.3 is 12.2 Å². The minimum Gasteiger partial charge on any atom is -0.335 e. The molecule has 0 radical (unpaired) electrons. The molecule has 8 heteroatoms. The number of hydrogen-bond acceptors (Lipinski definition) is 2. The van der Waals surface area contributed by atoms with E-state index in [1.54, 1.807) is 10.9 Å². The SMILES string of the molecule is O=C(NCc1ccccc1Cn1cccn1)N[C@H]1CCCC[C@H]1C(F)(F)F. The summed E-state index contributed by atoms with van der Waals surface area (Å²) in [6, 6.07) is 7.99. The molecule has 2 aromatic rings. The third kappa shape index (κ3) is 5.24. The van der Waals surface area contributed by atoms with Crippen molar-refractivity contribution in [2.45, 2.75) is 51.0 Å². The molecular formula is C19H23F3N4O. The number of carbonyl (C=O) groups excluding carboxylic acids is 1. The van der Waals surface area contributed by atoms with Crippen LogP contribution in [0.5, 0.6) is 0 Å². The van der Waals surface area contributed by atoms with Crippen molar-refractivity contribution in [1.29, 1.82) is 0 Å². The first-order valence-electron chi connectivity index (χ1n) is 9.09. The van der Waals surface area contributed by atoms with Gasteiger partial charge in [0.05, 0.1) is 12.5 Å². The van der Waals surface area contributed by atoms with Crippen LogP contribution in [-0.4, -0.2) is 28.0 Å². The van der Waals surface area contributed by atoms with E-state index in [2.05, 4.69) is 15.7 Å². The van der Waals surface area contributed by atoms with Crippen molar-refractivity contribution in [3.8, 4) is 0 Å². The second-order valence-corrected chi connectivity index (χ2v) is 6.84. The van der Waals surface area contributed by atoms with Crippen LogP contribution in [0.1, 0.15) is 36.8 Å². The van der Waals surface area contributed by atoms with Gasteiger partial charge < -0.3 is 10.6 Å². The Bertz CT molecular complexity index is 746. The van der Waals surface area contributed by atoms with Crippen LogP contribution in [0, 0.1) is 5.92 Å². The molecule has 1 heterocycles. The summed E-state index contributed by atoms with van der Waals surface area (Å²) >= 11 is 0. The Kier molecular flexibility index (Phi) is 6.03. The second-order valence-electron chi connectivity index (χ2n) is 6.84. The Morgan fingerprint density at radius 1 is 1.15 bits per heavy atom. The van der Waals surface area contributed by atoms with Gasteiger partial charge in [-0.05, 0) is 30.0 Å². The maximum Gasteiger partial charge on any atom is 0.393 e. The maximum atomic E-state index is 13.1. The van der Waals surface area contributed by atoms with E-state index in [4.69, 9.17) is 0 Å². The standard InChI is InChI=1S/C19H23F3N4O/c20-19(21,22)16-8-3-4-9-17(16)25-18(27)23-12-14-6-1-2-7-15(14)13-26-11-5-10-24-26/h1-2,5-7,10-11,16-17H,3-4,8-9,12-13H2,(H2,23,25,27)/t16-,17+/m1/s1. The molecule has 5 nitrogen and oxygen atoms in total. The lowest BCUT2D eigenvalue weighted by atomic mass is 9.84. The molecule has 146 valence electrons. The highest BCUT2D eigenvalue weighted by atomic mass is 19.4. The first-order valence-corrected chi connectivity index (χ1v) is 9.09. The van der Waals surface area contributed by atoms with Crippen molar-refractivity contribution in [2.75, 3.05) is 0 Å². The van der Waals surface area contributed by atoms with Gasteiger partial charge in [0.2, 0.25) is 0 Å². The zero-order valence-corrected chi connectivity index (χ0v) is 14.9. The summed E-state index contributed by atoms with van der Waals surface area (Å²) in [5, 5.41) is 9.38. The highest BCUT2D eigenvalue weighted by molar-refractivity contribution is 5.74. The third-order valence-corrected chi connectivity index (χ3v) is 4.95. The van der Waals surface area contributed by atoms with E-state index < -0.39 is 24.2 Å². The molecular weight excluding hydrogens is 357 g/mol. The van der Waals surface area contributed by atoms with Crippen molar-refractivity contribution in [2.24, 2.45) is 5.92 Å². The topological polar surface area (TPSA) is 59.0 Å². The van der Waals surface area contributed by atoms with E-state index >= 15 is 0 Å². The van der Waals surface area contributed by atoms with Crippen LogP contribution in [0.15, 0.2) is 42.7 Å². The zero-order valence-electron chi connectivity index (χ0n) is 14.9. The zero-order chi connectivity index (χ0) is 19.3. The lowest BCUT2D eigenvalue weighted by Gasteiger charge is -2.33. The van der Waals surface area contributed by atoms with Gasteiger partial charge in [-0.2, -0.15) is 18.3 Å². The Morgan fingerprint density at radius 3 is 2.59 bits per heavy atom. The molecule has 0 bridgehead atoms. The molecule has 1 aliphatic carbocycles. The molecule has 2 amide bonds. The van der Waals surface area contributed by atoms with E-state index in [1.165, 1.54) is 0 Å². The molecule has 0 unspecified atom stereocenters. The van der Waals surface area contributed by atoms with Crippen molar-refractivity contribution in [1.82, 2.24) is 20.4 Å². The Hall–Kier alpha value is -2.51. The fourth-order valence-electron chi connectivity index (χ4n) is 3.54. The molecule has 27 heavy (non-hydrogen) atoms. The molecule has 0 spiro atoms. The van der Waals surface area contributed by atoms with Gasteiger partial charge in [-0.1, -0.05) is 37.1 Å². The summed E-state index contributed by atoms with van der Waals surface area (Å²) in [6.45, 7) is 0.803. The number of benzene rings is 1. The number of urea groups is 1. The number of hydrogen-bond donors (Lipinski definition) is 2. The molecule has 0 aliphatic heterocycles. The number of rotatable bonds is 5. The molecule has 1 saturated carbocycles. The fourth-order valence-corrected chi connectivity index (χ4v) is 3.54. The molecule has 0 saturated heterocycles. The summed E-state index contributed by atoms with van der Waals surface area (Å²) in [5.74, 6) is -1.47. The van der Waals surface area contributed by atoms with Gasteiger partial charge in [0.1, 0.15) is 0 Å². The number of halogens is 3. The Labute approximate surface area is 155 Å². The summed E-state index contributed by atoms with van der Waals surface area (Å²) in [4.78, 5) is 12.2. The first kappa shape index (κ1) is 19.3. The van der Waals surface area contributed by atoms with Crippen LogP contribution in [0.4, 0.5) is 18.0 Å². The fraction of sp³-hybridized carbons (Fsp3) is 0.474. The summed E-state index contributed by atoms with van der Waals surface area (Å²) < 4.78 is 41.2. The monoisotopic (exact) mass is 380 g/mol. The van der Waals surface area contributed by atoms with E-state index in [1.807, 2.05) is 36.5 Å². The molecule has 1 fully saturated rings. The smallest absolute Gasteiger partial charge is 0.335 e. The number of amides is 2. The van der Waals surface area contributed by atoms with Crippen molar-refractivity contribution in [3.05, 3.63) is 53.9 Å². The highest BCUT2D eigenvalue weighted by Crippen LogP contribution is 2.37.